The normalized spacial score (nSPS) is 10.8. The number of benzene rings is 1. The van der Waals surface area contributed by atoms with Gasteiger partial charge in [0.1, 0.15) is 5.82 Å². The summed E-state index contributed by atoms with van der Waals surface area (Å²) in [6.45, 7) is 5.76. The Morgan fingerprint density at radius 1 is 1.41 bits per heavy atom. The fourth-order valence-corrected chi connectivity index (χ4v) is 2.61. The van der Waals surface area contributed by atoms with Crippen molar-refractivity contribution in [1.29, 1.82) is 0 Å². The van der Waals surface area contributed by atoms with Crippen LogP contribution >= 0.6 is 27.5 Å². The number of carbonyl (C=O) groups excluding carboxylic acids is 1. The Kier molecular flexibility index (Phi) is 5.03. The van der Waals surface area contributed by atoms with Gasteiger partial charge in [0, 0.05) is 10.4 Å². The standard InChI is InChI=1S/C15H16BrClN4O/c1-7(2)14-19-6-10(17)13(21-14)15(22)20-11-5-9(16)4-8(3)12(11)18/h4-7H,18H2,1-3H3,(H,20,22). The van der Waals surface area contributed by atoms with E-state index in [4.69, 9.17) is 17.3 Å². The number of halogens is 2. The first-order valence-corrected chi connectivity index (χ1v) is 7.86. The summed E-state index contributed by atoms with van der Waals surface area (Å²) in [4.78, 5) is 20.8. The summed E-state index contributed by atoms with van der Waals surface area (Å²) in [6, 6.07) is 3.61. The molecular weight excluding hydrogens is 368 g/mol. The molecule has 0 unspecified atom stereocenters. The molecule has 1 amide bonds. The average Bonchev–Trinajstić information content (AvgIpc) is 2.44. The maximum absolute atomic E-state index is 12.4. The first kappa shape index (κ1) is 16.7. The summed E-state index contributed by atoms with van der Waals surface area (Å²) < 4.78 is 0.825. The maximum Gasteiger partial charge on any atom is 0.276 e. The highest BCUT2D eigenvalue weighted by Crippen LogP contribution is 2.28. The van der Waals surface area contributed by atoms with Gasteiger partial charge in [-0.25, -0.2) is 9.97 Å². The van der Waals surface area contributed by atoms with Crippen LogP contribution < -0.4 is 11.1 Å². The lowest BCUT2D eigenvalue weighted by molar-refractivity contribution is 0.102. The third-order valence-electron chi connectivity index (χ3n) is 3.09. The third-order valence-corrected chi connectivity index (χ3v) is 3.83. The van der Waals surface area contributed by atoms with Gasteiger partial charge in [-0.3, -0.25) is 4.79 Å². The molecule has 0 saturated carbocycles. The van der Waals surface area contributed by atoms with Gasteiger partial charge in [-0.1, -0.05) is 41.4 Å². The van der Waals surface area contributed by atoms with Gasteiger partial charge in [0.05, 0.1) is 22.6 Å². The topological polar surface area (TPSA) is 80.9 Å². The Hall–Kier alpha value is -1.66. The number of nitrogens with zero attached hydrogens (tertiary/aromatic N) is 2. The zero-order valence-corrected chi connectivity index (χ0v) is 14.8. The Bertz CT molecular complexity index is 734. The van der Waals surface area contributed by atoms with Gasteiger partial charge in [0.2, 0.25) is 0 Å². The van der Waals surface area contributed by atoms with Crippen molar-refractivity contribution in [3.05, 3.63) is 44.9 Å². The molecule has 0 aliphatic rings. The van der Waals surface area contributed by atoms with Gasteiger partial charge >= 0.3 is 0 Å². The molecule has 3 N–H and O–H groups in total. The van der Waals surface area contributed by atoms with E-state index in [-0.39, 0.29) is 16.6 Å². The fourth-order valence-electron chi connectivity index (χ4n) is 1.86. The van der Waals surface area contributed by atoms with E-state index in [1.807, 2.05) is 26.8 Å². The van der Waals surface area contributed by atoms with Crippen molar-refractivity contribution < 1.29 is 4.79 Å². The molecule has 1 aromatic heterocycles. The molecule has 0 fully saturated rings. The van der Waals surface area contributed by atoms with Crippen LogP contribution in [0.15, 0.2) is 22.8 Å². The minimum absolute atomic E-state index is 0.0991. The minimum atomic E-state index is -0.418. The predicted molar refractivity (Wildman–Crippen MR) is 92.4 cm³/mol. The number of hydrogen-bond donors (Lipinski definition) is 2. The van der Waals surface area contributed by atoms with Crippen LogP contribution in [0.1, 0.15) is 41.6 Å². The monoisotopic (exact) mass is 382 g/mol. The van der Waals surface area contributed by atoms with Crippen LogP contribution in [0.25, 0.3) is 0 Å². The second-order valence-electron chi connectivity index (χ2n) is 5.22. The molecule has 1 heterocycles. The second-order valence-corrected chi connectivity index (χ2v) is 6.54. The summed E-state index contributed by atoms with van der Waals surface area (Å²) in [5.74, 6) is 0.244. The van der Waals surface area contributed by atoms with E-state index in [1.54, 1.807) is 6.07 Å². The van der Waals surface area contributed by atoms with Crippen molar-refractivity contribution in [2.45, 2.75) is 26.7 Å². The van der Waals surface area contributed by atoms with Crippen LogP contribution in [0.2, 0.25) is 5.02 Å². The molecule has 5 nitrogen and oxygen atoms in total. The molecule has 0 atom stereocenters. The molecule has 1 aromatic carbocycles. The number of carbonyl (C=O) groups is 1. The molecule has 0 spiro atoms. The zero-order valence-electron chi connectivity index (χ0n) is 12.4. The Morgan fingerprint density at radius 2 is 2.09 bits per heavy atom. The van der Waals surface area contributed by atoms with Crippen molar-refractivity contribution in [3.8, 4) is 0 Å². The highest BCUT2D eigenvalue weighted by atomic mass is 79.9. The molecule has 2 rings (SSSR count). The molecule has 7 heteroatoms. The minimum Gasteiger partial charge on any atom is -0.397 e. The number of rotatable bonds is 3. The Labute approximate surface area is 142 Å². The lowest BCUT2D eigenvalue weighted by atomic mass is 10.1. The lowest BCUT2D eigenvalue weighted by Gasteiger charge is -2.12. The number of hydrogen-bond acceptors (Lipinski definition) is 4. The fraction of sp³-hybridized carbons (Fsp3) is 0.267. The second kappa shape index (κ2) is 6.62. The highest BCUT2D eigenvalue weighted by Gasteiger charge is 2.17. The van der Waals surface area contributed by atoms with E-state index < -0.39 is 5.91 Å². The molecule has 116 valence electrons. The van der Waals surface area contributed by atoms with Crippen LogP contribution in [-0.2, 0) is 0 Å². The van der Waals surface area contributed by atoms with E-state index >= 15 is 0 Å². The maximum atomic E-state index is 12.4. The van der Waals surface area contributed by atoms with E-state index in [2.05, 4.69) is 31.2 Å². The summed E-state index contributed by atoms with van der Waals surface area (Å²) in [7, 11) is 0. The largest absolute Gasteiger partial charge is 0.397 e. The van der Waals surface area contributed by atoms with E-state index in [0.717, 1.165) is 10.0 Å². The lowest BCUT2D eigenvalue weighted by Crippen LogP contribution is -2.17. The number of anilines is 2. The van der Waals surface area contributed by atoms with Crippen molar-refractivity contribution in [1.82, 2.24) is 9.97 Å². The summed E-state index contributed by atoms with van der Waals surface area (Å²) in [5, 5.41) is 2.95. The molecular formula is C15H16BrClN4O. The summed E-state index contributed by atoms with van der Waals surface area (Å²) in [6.07, 6.45) is 1.44. The molecule has 0 radical (unpaired) electrons. The van der Waals surface area contributed by atoms with E-state index in [0.29, 0.717) is 17.2 Å². The SMILES string of the molecule is Cc1cc(Br)cc(NC(=O)c2nc(C(C)C)ncc2Cl)c1N. The number of amides is 1. The van der Waals surface area contributed by atoms with Gasteiger partial charge in [0.15, 0.2) is 5.69 Å². The van der Waals surface area contributed by atoms with Crippen LogP contribution in [0.4, 0.5) is 11.4 Å². The van der Waals surface area contributed by atoms with Crippen LogP contribution in [0.3, 0.4) is 0 Å². The van der Waals surface area contributed by atoms with E-state index in [9.17, 15) is 4.79 Å². The molecule has 0 aliphatic carbocycles. The van der Waals surface area contributed by atoms with Gasteiger partial charge in [-0.2, -0.15) is 0 Å². The molecule has 0 saturated heterocycles. The average molecular weight is 384 g/mol. The third kappa shape index (κ3) is 3.56. The first-order valence-electron chi connectivity index (χ1n) is 6.69. The first-order chi connectivity index (χ1) is 10.3. The Balaban J connectivity index is 2.36. The highest BCUT2D eigenvalue weighted by molar-refractivity contribution is 9.10. The number of aromatic nitrogens is 2. The van der Waals surface area contributed by atoms with Gasteiger partial charge < -0.3 is 11.1 Å². The van der Waals surface area contributed by atoms with Crippen LogP contribution in [0, 0.1) is 6.92 Å². The summed E-state index contributed by atoms with van der Waals surface area (Å²) in [5.41, 5.74) is 8.01. The number of aryl methyl sites for hydroxylation is 1. The van der Waals surface area contributed by atoms with Gasteiger partial charge in [-0.05, 0) is 24.6 Å². The number of nitrogens with one attached hydrogen (secondary N) is 1. The smallest absolute Gasteiger partial charge is 0.276 e. The molecule has 2 aromatic rings. The van der Waals surface area contributed by atoms with Crippen molar-refractivity contribution in [3.63, 3.8) is 0 Å². The van der Waals surface area contributed by atoms with Crippen LogP contribution in [-0.4, -0.2) is 15.9 Å². The Morgan fingerprint density at radius 3 is 2.73 bits per heavy atom. The van der Waals surface area contributed by atoms with Crippen LogP contribution in [0.5, 0.6) is 0 Å². The molecule has 0 aliphatic heterocycles. The quantitative estimate of drug-likeness (QED) is 0.780. The number of nitrogens with two attached hydrogens (primary N) is 1. The van der Waals surface area contributed by atoms with Crippen molar-refractivity contribution >= 4 is 44.8 Å². The predicted octanol–water partition coefficient (Wildman–Crippen LogP) is 4.16. The zero-order chi connectivity index (χ0) is 16.4. The summed E-state index contributed by atoms with van der Waals surface area (Å²) >= 11 is 9.42. The molecule has 22 heavy (non-hydrogen) atoms. The number of nitrogen functional groups attached to an aromatic ring is 1. The van der Waals surface area contributed by atoms with Crippen molar-refractivity contribution in [2.75, 3.05) is 11.1 Å². The van der Waals surface area contributed by atoms with E-state index in [1.165, 1.54) is 6.20 Å². The molecule has 0 bridgehead atoms. The van der Waals surface area contributed by atoms with Gasteiger partial charge in [-0.15, -0.1) is 0 Å². The van der Waals surface area contributed by atoms with Crippen molar-refractivity contribution in [2.24, 2.45) is 0 Å². The van der Waals surface area contributed by atoms with Gasteiger partial charge in [0.25, 0.3) is 5.91 Å².